The molecule has 0 aliphatic heterocycles. The summed E-state index contributed by atoms with van der Waals surface area (Å²) in [6.07, 6.45) is 4.10. The van der Waals surface area contributed by atoms with Crippen LogP contribution in [-0.4, -0.2) is 11.6 Å². The van der Waals surface area contributed by atoms with Crippen LogP contribution in [0.5, 0.6) is 5.75 Å². The molecule has 0 spiro atoms. The molecule has 1 aromatic rings. The molecule has 0 aliphatic carbocycles. The van der Waals surface area contributed by atoms with Crippen LogP contribution in [0.1, 0.15) is 5.69 Å². The minimum atomic E-state index is 0.264. The maximum atomic E-state index is 8.59. The number of pyridine rings is 1. The Morgan fingerprint density at radius 2 is 2.50 bits per heavy atom. The van der Waals surface area contributed by atoms with E-state index in [4.69, 9.17) is 10.00 Å². The molecule has 59 valence electrons. The molecule has 0 saturated carbocycles. The number of hydrogen-bond acceptors (Lipinski definition) is 3. The second-order valence-electron chi connectivity index (χ2n) is 2.00. The highest BCUT2D eigenvalue weighted by molar-refractivity contribution is 5.36. The Kier molecular flexibility index (Phi) is 2.86. The third-order valence-corrected chi connectivity index (χ3v) is 1.21. The van der Waals surface area contributed by atoms with Crippen LogP contribution in [0, 0.1) is 17.4 Å². The van der Waals surface area contributed by atoms with Gasteiger partial charge in [0.1, 0.15) is 12.7 Å². The van der Waals surface area contributed by atoms with Gasteiger partial charge in [0.15, 0.2) is 11.4 Å². The summed E-state index contributed by atoms with van der Waals surface area (Å²) in [4.78, 5) is 3.82. The van der Waals surface area contributed by atoms with Crippen molar-refractivity contribution >= 4 is 0 Å². The number of aromatic nitrogens is 1. The SMILES string of the molecule is C=[C]COc1cccnc1C#N. The monoisotopic (exact) mass is 159 g/mol. The topological polar surface area (TPSA) is 45.9 Å². The van der Waals surface area contributed by atoms with E-state index in [1.165, 1.54) is 0 Å². The van der Waals surface area contributed by atoms with Gasteiger partial charge >= 0.3 is 0 Å². The zero-order valence-electron chi connectivity index (χ0n) is 6.45. The van der Waals surface area contributed by atoms with E-state index in [-0.39, 0.29) is 12.3 Å². The second kappa shape index (κ2) is 4.14. The molecule has 0 aromatic carbocycles. The van der Waals surface area contributed by atoms with Gasteiger partial charge in [-0.1, -0.05) is 6.58 Å². The molecule has 0 bridgehead atoms. The van der Waals surface area contributed by atoms with Gasteiger partial charge in [-0.05, 0) is 18.2 Å². The minimum Gasteiger partial charge on any atom is -0.486 e. The average Bonchev–Trinajstić information content (AvgIpc) is 2.15. The first-order valence-electron chi connectivity index (χ1n) is 3.36. The number of nitriles is 1. The van der Waals surface area contributed by atoms with E-state index in [2.05, 4.69) is 17.6 Å². The fourth-order valence-electron chi connectivity index (χ4n) is 0.720. The van der Waals surface area contributed by atoms with Crippen LogP contribution in [0.15, 0.2) is 24.9 Å². The molecule has 1 aromatic heterocycles. The number of hydrogen-bond donors (Lipinski definition) is 0. The molecule has 1 radical (unpaired) electrons. The molecule has 0 N–H and O–H groups in total. The van der Waals surface area contributed by atoms with E-state index in [1.54, 1.807) is 18.3 Å². The van der Waals surface area contributed by atoms with Crippen molar-refractivity contribution in [1.82, 2.24) is 4.98 Å². The molecule has 0 unspecified atom stereocenters. The van der Waals surface area contributed by atoms with E-state index < -0.39 is 0 Å². The molecular weight excluding hydrogens is 152 g/mol. The van der Waals surface area contributed by atoms with E-state index in [0.29, 0.717) is 5.75 Å². The Bertz CT molecular complexity index is 315. The highest BCUT2D eigenvalue weighted by Gasteiger charge is 2.00. The van der Waals surface area contributed by atoms with Crippen molar-refractivity contribution in [3.63, 3.8) is 0 Å². The molecule has 3 nitrogen and oxygen atoms in total. The van der Waals surface area contributed by atoms with Crippen LogP contribution in [-0.2, 0) is 0 Å². The maximum Gasteiger partial charge on any atom is 0.182 e. The number of rotatable bonds is 3. The lowest BCUT2D eigenvalue weighted by Gasteiger charge is -2.02. The zero-order chi connectivity index (χ0) is 8.81. The van der Waals surface area contributed by atoms with Gasteiger partial charge in [-0.3, -0.25) is 0 Å². The Morgan fingerprint density at radius 1 is 1.67 bits per heavy atom. The van der Waals surface area contributed by atoms with Crippen molar-refractivity contribution in [3.8, 4) is 11.8 Å². The van der Waals surface area contributed by atoms with E-state index >= 15 is 0 Å². The van der Waals surface area contributed by atoms with Crippen LogP contribution in [0.4, 0.5) is 0 Å². The van der Waals surface area contributed by atoms with Gasteiger partial charge in [0.25, 0.3) is 0 Å². The Labute approximate surface area is 70.9 Å². The highest BCUT2D eigenvalue weighted by atomic mass is 16.5. The maximum absolute atomic E-state index is 8.59. The minimum absolute atomic E-state index is 0.264. The molecule has 0 saturated heterocycles. The third-order valence-electron chi connectivity index (χ3n) is 1.21. The van der Waals surface area contributed by atoms with Crippen LogP contribution in [0.2, 0.25) is 0 Å². The number of nitrogens with zero attached hydrogens (tertiary/aromatic N) is 2. The molecule has 12 heavy (non-hydrogen) atoms. The van der Waals surface area contributed by atoms with Crippen LogP contribution in [0.3, 0.4) is 0 Å². The fourth-order valence-corrected chi connectivity index (χ4v) is 0.720. The molecular formula is C9H7N2O. The highest BCUT2D eigenvalue weighted by Crippen LogP contribution is 2.13. The first kappa shape index (κ1) is 8.28. The summed E-state index contributed by atoms with van der Waals surface area (Å²) in [7, 11) is 0. The third kappa shape index (κ3) is 1.83. The summed E-state index contributed by atoms with van der Waals surface area (Å²) >= 11 is 0. The van der Waals surface area contributed by atoms with Crippen molar-refractivity contribution in [3.05, 3.63) is 36.7 Å². The standard InChI is InChI=1S/C9H7N2O/c1-2-6-12-9-4-3-5-11-8(9)7-10/h3-5H,1,6H2. The number of ether oxygens (including phenoxy) is 1. The predicted octanol–water partition coefficient (Wildman–Crippen LogP) is 1.32. The summed E-state index contributed by atoms with van der Waals surface area (Å²) in [6, 6.07) is 5.31. The van der Waals surface area contributed by atoms with Gasteiger partial charge < -0.3 is 4.74 Å². The largest absolute Gasteiger partial charge is 0.486 e. The van der Waals surface area contributed by atoms with Gasteiger partial charge in [0.05, 0.1) is 0 Å². The molecule has 0 fully saturated rings. The van der Waals surface area contributed by atoms with Gasteiger partial charge in [-0.15, -0.1) is 0 Å². The fraction of sp³-hybridized carbons (Fsp3) is 0.111. The molecule has 1 heterocycles. The first-order valence-corrected chi connectivity index (χ1v) is 3.36. The molecule has 1 rings (SSSR count). The Morgan fingerprint density at radius 3 is 3.17 bits per heavy atom. The zero-order valence-corrected chi connectivity index (χ0v) is 6.45. The first-order chi connectivity index (χ1) is 5.88. The van der Waals surface area contributed by atoms with Crippen LogP contribution in [0.25, 0.3) is 0 Å². The lowest BCUT2D eigenvalue weighted by molar-refractivity contribution is 0.355. The average molecular weight is 159 g/mol. The lowest BCUT2D eigenvalue weighted by Crippen LogP contribution is -1.96. The molecule has 0 atom stereocenters. The molecule has 3 heteroatoms. The van der Waals surface area contributed by atoms with E-state index in [0.717, 1.165) is 0 Å². The summed E-state index contributed by atoms with van der Waals surface area (Å²) in [6.45, 7) is 3.64. The summed E-state index contributed by atoms with van der Waals surface area (Å²) < 4.78 is 5.12. The van der Waals surface area contributed by atoms with E-state index in [9.17, 15) is 0 Å². The van der Waals surface area contributed by atoms with Crippen molar-refractivity contribution in [2.75, 3.05) is 6.61 Å². The summed E-state index contributed by atoms with van der Waals surface area (Å²) in [5.41, 5.74) is 0.285. The smallest absolute Gasteiger partial charge is 0.182 e. The quantitative estimate of drug-likeness (QED) is 0.668. The van der Waals surface area contributed by atoms with Crippen molar-refractivity contribution in [2.45, 2.75) is 0 Å². The van der Waals surface area contributed by atoms with Gasteiger partial charge in [-0.25, -0.2) is 4.98 Å². The molecule has 0 aliphatic rings. The predicted molar refractivity (Wildman–Crippen MR) is 43.3 cm³/mol. The van der Waals surface area contributed by atoms with Crippen molar-refractivity contribution < 1.29 is 4.74 Å². The van der Waals surface area contributed by atoms with Gasteiger partial charge in [-0.2, -0.15) is 5.26 Å². The van der Waals surface area contributed by atoms with Crippen LogP contribution >= 0.6 is 0 Å². The van der Waals surface area contributed by atoms with Gasteiger partial charge in [0, 0.05) is 6.20 Å². The van der Waals surface area contributed by atoms with Gasteiger partial charge in [0.2, 0.25) is 0 Å². The summed E-state index contributed by atoms with van der Waals surface area (Å²) in [5, 5.41) is 8.59. The van der Waals surface area contributed by atoms with E-state index in [1.807, 2.05) is 6.07 Å². The second-order valence-corrected chi connectivity index (χ2v) is 2.00. The summed E-state index contributed by atoms with van der Waals surface area (Å²) in [5.74, 6) is 0.469. The Hall–Kier alpha value is -1.82. The normalized spacial score (nSPS) is 8.58. The molecule has 0 amide bonds. The Balaban J connectivity index is 2.83. The lowest BCUT2D eigenvalue weighted by atomic mass is 10.3. The van der Waals surface area contributed by atoms with Crippen molar-refractivity contribution in [1.29, 1.82) is 5.26 Å². The van der Waals surface area contributed by atoms with Crippen LogP contribution < -0.4 is 4.74 Å². The van der Waals surface area contributed by atoms with Crippen molar-refractivity contribution in [2.24, 2.45) is 0 Å².